The van der Waals surface area contributed by atoms with Crippen molar-refractivity contribution in [3.8, 4) is 0 Å². The molecular formula is C26H30N4Na2O6S2. The number of hydrogen-bond acceptors (Lipinski definition) is 10. The van der Waals surface area contributed by atoms with Crippen molar-refractivity contribution in [2.24, 2.45) is 0 Å². The minimum atomic E-state index is -1.46. The van der Waals surface area contributed by atoms with Gasteiger partial charge in [-0.1, -0.05) is 52.4 Å². The van der Waals surface area contributed by atoms with Gasteiger partial charge in [-0.2, -0.15) is 0 Å². The molecule has 0 aliphatic rings. The number of H-pyrrole nitrogens is 2. The molecule has 0 radical (unpaired) electrons. The summed E-state index contributed by atoms with van der Waals surface area (Å²) in [5.41, 5.74) is -0.833. The van der Waals surface area contributed by atoms with E-state index in [-0.39, 0.29) is 59.1 Å². The number of nitrogens with zero attached hydrogens (tertiary/aromatic N) is 2. The molecule has 2 N–H and O–H groups in total. The average molecular weight is 605 g/mol. The van der Waals surface area contributed by atoms with Gasteiger partial charge < -0.3 is 29.8 Å². The second-order valence-electron chi connectivity index (χ2n) is 8.89. The fraction of sp³-hybridized carbons (Fsp3) is 0.462. The van der Waals surface area contributed by atoms with Gasteiger partial charge in [-0.05, 0) is 37.8 Å². The predicted octanol–water partition coefficient (Wildman–Crippen LogP) is -3.05. The van der Waals surface area contributed by atoms with E-state index in [9.17, 15) is 29.4 Å². The Morgan fingerprint density at radius 3 is 1.40 bits per heavy atom. The van der Waals surface area contributed by atoms with E-state index >= 15 is 0 Å². The van der Waals surface area contributed by atoms with Gasteiger partial charge in [0.2, 0.25) is 0 Å². The fourth-order valence-electron chi connectivity index (χ4n) is 3.85. The molecule has 40 heavy (non-hydrogen) atoms. The molecule has 4 heterocycles. The predicted molar refractivity (Wildman–Crippen MR) is 145 cm³/mol. The molecule has 0 unspecified atom stereocenters. The SMILES string of the molecule is CCCCCCc1cc2c(=O)[nH]c(C(=O)[O-])nc2s1.CCCCCCc1cc2c(=O)[nH]c(C(=O)[O-])nc2s1.[Na+].[Na+]. The minimum Gasteiger partial charge on any atom is -0.542 e. The summed E-state index contributed by atoms with van der Waals surface area (Å²) in [5, 5.41) is 22.3. The van der Waals surface area contributed by atoms with Crippen molar-refractivity contribution in [3.63, 3.8) is 0 Å². The number of carbonyl (C=O) groups is 2. The van der Waals surface area contributed by atoms with E-state index in [1.165, 1.54) is 61.2 Å². The minimum absolute atomic E-state index is 0. The molecule has 10 nitrogen and oxygen atoms in total. The van der Waals surface area contributed by atoms with Crippen LogP contribution in [-0.2, 0) is 12.8 Å². The van der Waals surface area contributed by atoms with Crippen LogP contribution in [0.1, 0.15) is 96.2 Å². The number of aryl methyl sites for hydroxylation is 2. The van der Waals surface area contributed by atoms with Crippen LogP contribution in [-0.4, -0.2) is 31.9 Å². The number of thiophene rings is 2. The van der Waals surface area contributed by atoms with Crippen LogP contribution >= 0.6 is 22.7 Å². The number of unbranched alkanes of at least 4 members (excludes halogenated alkanes) is 6. The Morgan fingerprint density at radius 1 is 0.700 bits per heavy atom. The molecule has 204 valence electrons. The first kappa shape index (κ1) is 36.6. The molecule has 0 fully saturated rings. The molecule has 0 bridgehead atoms. The summed E-state index contributed by atoms with van der Waals surface area (Å²) in [4.78, 5) is 60.2. The molecule has 0 saturated heterocycles. The summed E-state index contributed by atoms with van der Waals surface area (Å²) < 4.78 is 0. The Labute approximate surface area is 283 Å². The molecule has 0 aromatic carbocycles. The summed E-state index contributed by atoms with van der Waals surface area (Å²) in [7, 11) is 0. The summed E-state index contributed by atoms with van der Waals surface area (Å²) in [6, 6.07) is 3.60. The van der Waals surface area contributed by atoms with E-state index in [1.54, 1.807) is 12.1 Å². The van der Waals surface area contributed by atoms with Crippen molar-refractivity contribution >= 4 is 55.0 Å². The third kappa shape index (κ3) is 10.5. The van der Waals surface area contributed by atoms with Crippen LogP contribution in [0, 0.1) is 0 Å². The number of carboxylic acids is 2. The molecule has 0 aliphatic carbocycles. The van der Waals surface area contributed by atoms with E-state index in [0.29, 0.717) is 20.4 Å². The number of fused-ring (bicyclic) bond motifs is 2. The molecule has 0 saturated carbocycles. The third-order valence-corrected chi connectivity index (χ3v) is 8.02. The molecule has 4 aromatic rings. The second-order valence-corrected chi connectivity index (χ2v) is 11.1. The Hall–Kier alpha value is -1.38. The zero-order chi connectivity index (χ0) is 27.7. The summed E-state index contributed by atoms with van der Waals surface area (Å²) >= 11 is 2.76. The molecule has 0 amide bonds. The van der Waals surface area contributed by atoms with Gasteiger partial charge >= 0.3 is 59.1 Å². The number of carbonyl (C=O) groups excluding carboxylic acids is 2. The number of nitrogens with one attached hydrogen (secondary N) is 2. The van der Waals surface area contributed by atoms with Crippen molar-refractivity contribution in [2.75, 3.05) is 0 Å². The molecular weight excluding hydrogens is 574 g/mol. The molecule has 0 spiro atoms. The monoisotopic (exact) mass is 604 g/mol. The first-order valence-corrected chi connectivity index (χ1v) is 14.3. The molecule has 14 heteroatoms. The summed E-state index contributed by atoms with van der Waals surface area (Å²) in [5.74, 6) is -3.73. The number of aromatic nitrogens is 4. The standard InChI is InChI=1S/2C13H16N2O3S.2Na/c2*1-2-3-4-5-6-8-7-9-11(16)14-10(13(17)18)15-12(9)19-8;;/h2*7H,2-6H2,1H3,(H,17,18)(H,14,15,16);;/q;;2*+1/p-2. The van der Waals surface area contributed by atoms with Crippen LogP contribution in [0.5, 0.6) is 0 Å². The number of carboxylic acid groups (broad SMARTS) is 2. The maximum absolute atomic E-state index is 11.7. The van der Waals surface area contributed by atoms with Crippen LogP contribution in [0.4, 0.5) is 0 Å². The molecule has 0 atom stereocenters. The van der Waals surface area contributed by atoms with E-state index in [1.807, 2.05) is 0 Å². The Bertz CT molecular complexity index is 1420. The Morgan fingerprint density at radius 2 is 1.07 bits per heavy atom. The largest absolute Gasteiger partial charge is 1.00 e. The molecule has 4 aromatic heterocycles. The van der Waals surface area contributed by atoms with Gasteiger partial charge in [-0.3, -0.25) is 9.59 Å². The van der Waals surface area contributed by atoms with Crippen LogP contribution in [0.2, 0.25) is 0 Å². The van der Waals surface area contributed by atoms with Crippen LogP contribution < -0.4 is 80.4 Å². The quantitative estimate of drug-likeness (QED) is 0.127. The number of aromatic amines is 2. The Kier molecular flexibility index (Phi) is 16.7. The van der Waals surface area contributed by atoms with Crippen molar-refractivity contribution in [2.45, 2.75) is 78.1 Å². The number of aromatic carboxylic acids is 2. The van der Waals surface area contributed by atoms with E-state index in [4.69, 9.17) is 0 Å². The first-order chi connectivity index (χ1) is 18.2. The topological polar surface area (TPSA) is 172 Å². The van der Waals surface area contributed by atoms with Gasteiger partial charge in [0.15, 0.2) is 11.6 Å². The van der Waals surface area contributed by atoms with Crippen molar-refractivity contribution in [1.29, 1.82) is 0 Å². The van der Waals surface area contributed by atoms with Gasteiger partial charge in [0.1, 0.15) is 21.6 Å². The first-order valence-electron chi connectivity index (χ1n) is 12.7. The maximum atomic E-state index is 11.7. The smallest absolute Gasteiger partial charge is 0.542 e. The Balaban J connectivity index is 0.000000381. The van der Waals surface area contributed by atoms with Gasteiger partial charge in [0.25, 0.3) is 11.1 Å². The van der Waals surface area contributed by atoms with Crippen molar-refractivity contribution < 1.29 is 78.9 Å². The third-order valence-electron chi connectivity index (χ3n) is 5.85. The summed E-state index contributed by atoms with van der Waals surface area (Å²) in [6.45, 7) is 4.31. The van der Waals surface area contributed by atoms with Crippen LogP contribution in [0.15, 0.2) is 21.7 Å². The zero-order valence-corrected chi connectivity index (χ0v) is 29.0. The normalized spacial score (nSPS) is 10.4. The zero-order valence-electron chi connectivity index (χ0n) is 23.4. The van der Waals surface area contributed by atoms with Crippen LogP contribution in [0.25, 0.3) is 20.4 Å². The fourth-order valence-corrected chi connectivity index (χ4v) is 5.99. The van der Waals surface area contributed by atoms with E-state index in [0.717, 1.165) is 35.4 Å². The van der Waals surface area contributed by atoms with Crippen molar-refractivity contribution in [3.05, 3.63) is 54.2 Å². The van der Waals surface area contributed by atoms with E-state index in [2.05, 4.69) is 33.8 Å². The van der Waals surface area contributed by atoms with Crippen molar-refractivity contribution in [1.82, 2.24) is 19.9 Å². The molecule has 4 rings (SSSR count). The number of hydrogen-bond donors (Lipinski definition) is 2. The summed E-state index contributed by atoms with van der Waals surface area (Å²) in [6.07, 6.45) is 11.1. The maximum Gasteiger partial charge on any atom is 1.00 e. The molecule has 0 aliphatic heterocycles. The van der Waals surface area contributed by atoms with Gasteiger partial charge in [0, 0.05) is 9.75 Å². The van der Waals surface area contributed by atoms with E-state index < -0.39 is 34.7 Å². The number of rotatable bonds is 12. The average Bonchev–Trinajstić information content (AvgIpc) is 3.49. The second kappa shape index (κ2) is 18.2. The van der Waals surface area contributed by atoms with Gasteiger partial charge in [0.05, 0.1) is 10.8 Å². The van der Waals surface area contributed by atoms with Crippen LogP contribution in [0.3, 0.4) is 0 Å². The van der Waals surface area contributed by atoms with Gasteiger partial charge in [-0.15, -0.1) is 22.7 Å². The van der Waals surface area contributed by atoms with Gasteiger partial charge in [-0.25, -0.2) is 9.97 Å².